The Morgan fingerprint density at radius 1 is 1.56 bits per heavy atom. The summed E-state index contributed by atoms with van der Waals surface area (Å²) in [6.07, 6.45) is 0. The zero-order valence-corrected chi connectivity index (χ0v) is 10.7. The van der Waals surface area contributed by atoms with E-state index < -0.39 is 23.5 Å². The van der Waals surface area contributed by atoms with Crippen LogP contribution in [0.3, 0.4) is 0 Å². The lowest BCUT2D eigenvalue weighted by Crippen LogP contribution is -2.52. The van der Waals surface area contributed by atoms with Crippen LogP contribution in [0.5, 0.6) is 0 Å². The lowest BCUT2D eigenvalue weighted by atomic mass is 9.85. The number of carbonyl (C=O) groups is 2. The summed E-state index contributed by atoms with van der Waals surface area (Å²) < 4.78 is 10.2. The summed E-state index contributed by atoms with van der Waals surface area (Å²) in [6.45, 7) is 5.16. The van der Waals surface area contributed by atoms with E-state index in [1.807, 2.05) is 6.92 Å². The minimum atomic E-state index is -1.07. The van der Waals surface area contributed by atoms with Crippen molar-refractivity contribution >= 4 is 12.0 Å². The fourth-order valence-corrected chi connectivity index (χ4v) is 1.68. The quantitative estimate of drug-likeness (QED) is 0.575. The van der Waals surface area contributed by atoms with Gasteiger partial charge in [0.25, 0.3) is 0 Å². The molecule has 3 N–H and O–H groups in total. The monoisotopic (exact) mass is 260 g/mol. The van der Waals surface area contributed by atoms with Crippen LogP contribution in [0.4, 0.5) is 4.79 Å². The number of ether oxygens (including phenoxy) is 2. The lowest BCUT2D eigenvalue weighted by Gasteiger charge is -2.25. The number of aliphatic carboxylic acids is 1. The molecule has 0 aromatic heterocycles. The van der Waals surface area contributed by atoms with Crippen molar-refractivity contribution in [2.75, 3.05) is 33.0 Å². The third-order valence-corrected chi connectivity index (χ3v) is 2.99. The van der Waals surface area contributed by atoms with E-state index >= 15 is 0 Å². The van der Waals surface area contributed by atoms with Crippen LogP contribution < -0.4 is 10.6 Å². The Kier molecular flexibility index (Phi) is 5.36. The minimum absolute atomic E-state index is 0.103. The third-order valence-electron chi connectivity index (χ3n) is 2.99. The molecule has 0 aliphatic carbocycles. The molecule has 0 bridgehead atoms. The number of hydrogen-bond donors (Lipinski definition) is 3. The molecule has 0 aromatic rings. The number of carbonyl (C=O) groups excluding carboxylic acids is 1. The second-order valence-corrected chi connectivity index (χ2v) is 4.39. The molecule has 0 radical (unpaired) electrons. The number of amides is 2. The van der Waals surface area contributed by atoms with Crippen molar-refractivity contribution in [2.45, 2.75) is 19.9 Å². The van der Waals surface area contributed by atoms with E-state index in [4.69, 9.17) is 14.6 Å². The topological polar surface area (TPSA) is 96.9 Å². The molecule has 2 atom stereocenters. The zero-order chi connectivity index (χ0) is 13.6. The van der Waals surface area contributed by atoms with Crippen molar-refractivity contribution in [3.05, 3.63) is 0 Å². The van der Waals surface area contributed by atoms with Crippen LogP contribution in [0, 0.1) is 5.41 Å². The second kappa shape index (κ2) is 6.55. The molecule has 7 heteroatoms. The van der Waals surface area contributed by atoms with Crippen LogP contribution in [-0.4, -0.2) is 56.1 Å². The Labute approximate surface area is 106 Å². The summed E-state index contributed by atoms with van der Waals surface area (Å²) in [5.74, 6) is -0.973. The van der Waals surface area contributed by atoms with Gasteiger partial charge in [0.15, 0.2) is 0 Å². The van der Waals surface area contributed by atoms with Gasteiger partial charge >= 0.3 is 12.0 Å². The molecule has 1 fully saturated rings. The Morgan fingerprint density at radius 2 is 2.28 bits per heavy atom. The fourth-order valence-electron chi connectivity index (χ4n) is 1.68. The number of carboxylic acids is 1. The molecule has 1 aliphatic heterocycles. The van der Waals surface area contributed by atoms with E-state index in [0.717, 1.165) is 0 Å². The first-order valence-corrected chi connectivity index (χ1v) is 5.94. The summed E-state index contributed by atoms with van der Waals surface area (Å²) in [6, 6.07) is -0.931. The van der Waals surface area contributed by atoms with Crippen LogP contribution in [0.15, 0.2) is 0 Å². The molecule has 2 amide bonds. The number of urea groups is 1. The Balaban J connectivity index is 2.37. The SMILES string of the molecule is CCOCCNC(=O)NC1COCC1(C)C(=O)O. The van der Waals surface area contributed by atoms with Crippen LogP contribution in [0.2, 0.25) is 0 Å². The van der Waals surface area contributed by atoms with Gasteiger partial charge in [0.2, 0.25) is 0 Å². The molecule has 18 heavy (non-hydrogen) atoms. The van der Waals surface area contributed by atoms with E-state index in [1.54, 1.807) is 6.92 Å². The molecule has 1 aliphatic rings. The first-order chi connectivity index (χ1) is 8.50. The average Bonchev–Trinajstić information content (AvgIpc) is 2.68. The molecular formula is C11H20N2O5. The van der Waals surface area contributed by atoms with Crippen molar-refractivity contribution in [1.82, 2.24) is 10.6 Å². The summed E-state index contributed by atoms with van der Waals surface area (Å²) in [4.78, 5) is 22.7. The van der Waals surface area contributed by atoms with E-state index in [9.17, 15) is 9.59 Å². The van der Waals surface area contributed by atoms with E-state index in [0.29, 0.717) is 19.8 Å². The van der Waals surface area contributed by atoms with Crippen molar-refractivity contribution in [3.8, 4) is 0 Å². The molecule has 1 heterocycles. The summed E-state index contributed by atoms with van der Waals surface area (Å²) >= 11 is 0. The number of rotatable bonds is 6. The molecule has 7 nitrogen and oxygen atoms in total. The standard InChI is InChI=1S/C11H20N2O5/c1-3-17-5-4-12-10(16)13-8-6-18-7-11(8,2)9(14)15/h8H,3-7H2,1-2H3,(H,14,15)(H2,12,13,16). The maximum absolute atomic E-state index is 11.5. The van der Waals surface area contributed by atoms with Crippen LogP contribution in [-0.2, 0) is 14.3 Å². The van der Waals surface area contributed by atoms with Gasteiger partial charge in [0, 0.05) is 13.2 Å². The summed E-state index contributed by atoms with van der Waals surface area (Å²) in [7, 11) is 0. The smallest absolute Gasteiger partial charge is 0.315 e. The highest BCUT2D eigenvalue weighted by Crippen LogP contribution is 2.28. The third kappa shape index (κ3) is 3.58. The first-order valence-electron chi connectivity index (χ1n) is 5.94. The predicted molar refractivity (Wildman–Crippen MR) is 63.4 cm³/mol. The first kappa shape index (κ1) is 14.7. The van der Waals surface area contributed by atoms with Crippen molar-refractivity contribution < 1.29 is 24.2 Å². The molecular weight excluding hydrogens is 240 g/mol. The van der Waals surface area contributed by atoms with E-state index in [1.165, 1.54) is 0 Å². The van der Waals surface area contributed by atoms with Crippen LogP contribution in [0.1, 0.15) is 13.8 Å². The van der Waals surface area contributed by atoms with E-state index in [-0.39, 0.29) is 13.2 Å². The van der Waals surface area contributed by atoms with Crippen LogP contribution >= 0.6 is 0 Å². The van der Waals surface area contributed by atoms with Crippen molar-refractivity contribution in [2.24, 2.45) is 5.41 Å². The van der Waals surface area contributed by atoms with Gasteiger partial charge in [-0.25, -0.2) is 4.79 Å². The van der Waals surface area contributed by atoms with Gasteiger partial charge < -0.3 is 25.2 Å². The summed E-state index contributed by atoms with van der Waals surface area (Å²) in [5.41, 5.74) is -1.07. The maximum Gasteiger partial charge on any atom is 0.315 e. The molecule has 1 saturated heterocycles. The van der Waals surface area contributed by atoms with Gasteiger partial charge in [-0.2, -0.15) is 0 Å². The number of carboxylic acid groups (broad SMARTS) is 1. The number of hydrogen-bond acceptors (Lipinski definition) is 4. The van der Waals surface area contributed by atoms with Crippen LogP contribution in [0.25, 0.3) is 0 Å². The van der Waals surface area contributed by atoms with Crippen molar-refractivity contribution in [1.29, 1.82) is 0 Å². The highest BCUT2D eigenvalue weighted by atomic mass is 16.5. The van der Waals surface area contributed by atoms with Gasteiger partial charge in [0.1, 0.15) is 5.41 Å². The lowest BCUT2D eigenvalue weighted by molar-refractivity contribution is -0.148. The van der Waals surface area contributed by atoms with Gasteiger partial charge in [-0.05, 0) is 13.8 Å². The minimum Gasteiger partial charge on any atom is -0.481 e. The molecule has 1 rings (SSSR count). The maximum atomic E-state index is 11.5. The van der Waals surface area contributed by atoms with Gasteiger partial charge in [-0.3, -0.25) is 4.79 Å². The molecule has 0 spiro atoms. The predicted octanol–water partition coefficient (Wildman–Crippen LogP) is -0.188. The highest BCUT2D eigenvalue weighted by Gasteiger charge is 2.47. The molecule has 0 saturated carbocycles. The van der Waals surface area contributed by atoms with Gasteiger partial charge in [-0.1, -0.05) is 0 Å². The largest absolute Gasteiger partial charge is 0.481 e. The summed E-state index contributed by atoms with van der Waals surface area (Å²) in [5, 5.41) is 14.3. The van der Waals surface area contributed by atoms with Crippen molar-refractivity contribution in [3.63, 3.8) is 0 Å². The van der Waals surface area contributed by atoms with Gasteiger partial charge in [-0.15, -0.1) is 0 Å². The Hall–Kier alpha value is -1.34. The number of nitrogens with one attached hydrogen (secondary N) is 2. The Bertz CT molecular complexity index is 310. The fraction of sp³-hybridized carbons (Fsp3) is 0.818. The average molecular weight is 260 g/mol. The van der Waals surface area contributed by atoms with E-state index in [2.05, 4.69) is 10.6 Å². The molecule has 0 aromatic carbocycles. The van der Waals surface area contributed by atoms with Gasteiger partial charge in [0.05, 0.1) is 25.9 Å². The Morgan fingerprint density at radius 3 is 2.89 bits per heavy atom. The normalized spacial score (nSPS) is 26.9. The molecule has 2 unspecified atom stereocenters. The zero-order valence-electron chi connectivity index (χ0n) is 10.7. The highest BCUT2D eigenvalue weighted by molar-refractivity contribution is 5.79. The second-order valence-electron chi connectivity index (χ2n) is 4.39. The molecule has 104 valence electrons.